The molecule has 0 saturated heterocycles. The van der Waals surface area contributed by atoms with E-state index in [9.17, 15) is 4.79 Å². The third kappa shape index (κ3) is 5.30. The number of nitrogens with one attached hydrogen (secondary N) is 2. The molecule has 0 unspecified atom stereocenters. The summed E-state index contributed by atoms with van der Waals surface area (Å²) in [5, 5.41) is 5.37. The van der Waals surface area contributed by atoms with Crippen LogP contribution in [0, 0.1) is 0 Å². The zero-order valence-electron chi connectivity index (χ0n) is 13.0. The molecule has 1 aromatic carbocycles. The number of aromatic nitrogens is 3. The molecule has 9 nitrogen and oxygen atoms in total. The van der Waals surface area contributed by atoms with Crippen LogP contribution in [0.3, 0.4) is 0 Å². The summed E-state index contributed by atoms with van der Waals surface area (Å²) in [5.41, 5.74) is 6.30. The number of urea groups is 1. The van der Waals surface area contributed by atoms with Crippen LogP contribution in [-0.4, -0.2) is 48.2 Å². The van der Waals surface area contributed by atoms with Crippen LogP contribution in [-0.2, 0) is 0 Å². The molecule has 0 aliphatic heterocycles. The molecular weight excluding hydrogens is 298 g/mol. The van der Waals surface area contributed by atoms with Crippen LogP contribution in [0.4, 0.5) is 22.4 Å². The highest BCUT2D eigenvalue weighted by Crippen LogP contribution is 2.10. The number of rotatable bonds is 6. The fourth-order valence-corrected chi connectivity index (χ4v) is 1.63. The third-order valence-corrected chi connectivity index (χ3v) is 2.67. The number of anilines is 3. The van der Waals surface area contributed by atoms with Gasteiger partial charge in [-0.1, -0.05) is 18.2 Å². The van der Waals surface area contributed by atoms with E-state index >= 15 is 0 Å². The minimum atomic E-state index is -0.316. The molecule has 0 bridgehead atoms. The van der Waals surface area contributed by atoms with Gasteiger partial charge in [0, 0.05) is 19.8 Å². The van der Waals surface area contributed by atoms with E-state index in [4.69, 9.17) is 10.5 Å². The van der Waals surface area contributed by atoms with Gasteiger partial charge in [-0.2, -0.15) is 15.0 Å². The number of carbonyl (C=O) groups excluding carboxylic acids is 1. The van der Waals surface area contributed by atoms with Gasteiger partial charge in [0.15, 0.2) is 0 Å². The van der Waals surface area contributed by atoms with E-state index in [0.29, 0.717) is 18.2 Å². The van der Waals surface area contributed by atoms with Gasteiger partial charge in [-0.3, -0.25) is 0 Å². The van der Waals surface area contributed by atoms with Crippen molar-refractivity contribution in [1.29, 1.82) is 0 Å². The van der Waals surface area contributed by atoms with Gasteiger partial charge in [0.05, 0.1) is 6.54 Å². The summed E-state index contributed by atoms with van der Waals surface area (Å²) in [5.74, 6) is 0.482. The highest BCUT2D eigenvalue weighted by Gasteiger charge is 2.07. The fraction of sp³-hybridized carbons (Fsp3) is 0.286. The van der Waals surface area contributed by atoms with E-state index in [1.165, 1.54) is 0 Å². The summed E-state index contributed by atoms with van der Waals surface area (Å²) in [6, 6.07) is 8.95. The van der Waals surface area contributed by atoms with Gasteiger partial charge in [0.1, 0.15) is 6.61 Å². The highest BCUT2D eigenvalue weighted by molar-refractivity contribution is 5.89. The highest BCUT2D eigenvalue weighted by atomic mass is 16.5. The third-order valence-electron chi connectivity index (χ3n) is 2.67. The number of ether oxygens (including phenoxy) is 1. The molecule has 1 aromatic heterocycles. The minimum absolute atomic E-state index is 0.0773. The molecule has 2 amide bonds. The van der Waals surface area contributed by atoms with Crippen molar-refractivity contribution in [3.05, 3.63) is 30.3 Å². The van der Waals surface area contributed by atoms with E-state index in [0.717, 1.165) is 0 Å². The number of nitrogens with two attached hydrogens (primary N) is 1. The number of amides is 2. The van der Waals surface area contributed by atoms with Gasteiger partial charge in [-0.15, -0.1) is 0 Å². The quantitative estimate of drug-likeness (QED) is 0.672. The van der Waals surface area contributed by atoms with Crippen molar-refractivity contribution in [1.82, 2.24) is 20.3 Å². The van der Waals surface area contributed by atoms with Crippen molar-refractivity contribution in [3.63, 3.8) is 0 Å². The van der Waals surface area contributed by atoms with Gasteiger partial charge >= 0.3 is 12.0 Å². The number of hydrogen-bond acceptors (Lipinski definition) is 7. The molecular formula is C14H19N7O2. The summed E-state index contributed by atoms with van der Waals surface area (Å²) >= 11 is 0. The fourth-order valence-electron chi connectivity index (χ4n) is 1.63. The molecule has 0 aliphatic rings. The Bertz CT molecular complexity index is 649. The largest absolute Gasteiger partial charge is 0.461 e. The molecule has 2 rings (SSSR count). The molecule has 9 heteroatoms. The van der Waals surface area contributed by atoms with Gasteiger partial charge in [0.25, 0.3) is 0 Å². The predicted molar refractivity (Wildman–Crippen MR) is 87.5 cm³/mol. The molecule has 0 saturated carbocycles. The van der Waals surface area contributed by atoms with E-state index in [2.05, 4.69) is 25.6 Å². The molecule has 4 N–H and O–H groups in total. The van der Waals surface area contributed by atoms with Crippen molar-refractivity contribution in [2.75, 3.05) is 43.2 Å². The number of para-hydroxylation sites is 1. The van der Waals surface area contributed by atoms with Crippen molar-refractivity contribution >= 4 is 23.6 Å². The molecule has 2 aromatic rings. The number of hydrogen-bond donors (Lipinski definition) is 3. The first kappa shape index (κ1) is 16.3. The van der Waals surface area contributed by atoms with Crippen molar-refractivity contribution in [2.24, 2.45) is 0 Å². The summed E-state index contributed by atoms with van der Waals surface area (Å²) in [4.78, 5) is 25.3. The maximum atomic E-state index is 11.7. The molecule has 0 fully saturated rings. The Hall–Kier alpha value is -3.10. The second-order valence-corrected chi connectivity index (χ2v) is 4.77. The normalized spacial score (nSPS) is 10.0. The average molecular weight is 317 g/mol. The summed E-state index contributed by atoms with van der Waals surface area (Å²) in [6.45, 7) is 0.500. The van der Waals surface area contributed by atoms with Crippen molar-refractivity contribution in [2.45, 2.75) is 0 Å². The van der Waals surface area contributed by atoms with E-state index in [1.54, 1.807) is 31.1 Å². The number of nitrogens with zero attached hydrogens (tertiary/aromatic N) is 4. The number of nitrogen functional groups attached to an aromatic ring is 1. The first-order valence-electron chi connectivity index (χ1n) is 6.96. The maximum absolute atomic E-state index is 11.7. The van der Waals surface area contributed by atoms with Gasteiger partial charge in [-0.25, -0.2) is 4.79 Å². The standard InChI is InChI=1S/C14H19N7O2/c1-21(2)12-18-11(15)19-14(20-12)23-9-8-16-13(22)17-10-6-4-3-5-7-10/h3-7H,8-9H2,1-2H3,(H2,16,17,22)(H2,15,18,19,20). The first-order valence-corrected chi connectivity index (χ1v) is 6.96. The molecule has 1 heterocycles. The Kier molecular flexibility index (Phi) is 5.50. The Labute approximate surface area is 133 Å². The molecule has 0 radical (unpaired) electrons. The zero-order chi connectivity index (χ0) is 16.7. The lowest BCUT2D eigenvalue weighted by Crippen LogP contribution is -2.32. The lowest BCUT2D eigenvalue weighted by atomic mass is 10.3. The molecule has 0 atom stereocenters. The van der Waals surface area contributed by atoms with Crippen LogP contribution in [0.5, 0.6) is 6.01 Å². The lowest BCUT2D eigenvalue weighted by Gasteiger charge is -2.12. The Morgan fingerprint density at radius 2 is 1.96 bits per heavy atom. The maximum Gasteiger partial charge on any atom is 0.323 e. The van der Waals surface area contributed by atoms with E-state index < -0.39 is 0 Å². The first-order chi connectivity index (χ1) is 11.0. The Morgan fingerprint density at radius 3 is 2.65 bits per heavy atom. The van der Waals surface area contributed by atoms with Crippen molar-refractivity contribution in [3.8, 4) is 6.01 Å². The van der Waals surface area contributed by atoms with E-state index in [1.807, 2.05) is 18.2 Å². The smallest absolute Gasteiger partial charge is 0.323 e. The monoisotopic (exact) mass is 317 g/mol. The van der Waals surface area contributed by atoms with Crippen LogP contribution < -0.4 is 26.0 Å². The molecule has 122 valence electrons. The minimum Gasteiger partial charge on any atom is -0.461 e. The van der Waals surface area contributed by atoms with Crippen LogP contribution in [0.25, 0.3) is 0 Å². The predicted octanol–water partition coefficient (Wildman–Crippen LogP) is 0.720. The SMILES string of the molecule is CN(C)c1nc(N)nc(OCCNC(=O)Nc2ccccc2)n1. The topological polar surface area (TPSA) is 118 Å². The van der Waals surface area contributed by atoms with Crippen LogP contribution >= 0.6 is 0 Å². The Balaban J connectivity index is 1.76. The molecule has 0 aliphatic carbocycles. The van der Waals surface area contributed by atoms with Crippen molar-refractivity contribution < 1.29 is 9.53 Å². The second-order valence-electron chi connectivity index (χ2n) is 4.77. The van der Waals surface area contributed by atoms with Gasteiger partial charge in [-0.05, 0) is 12.1 Å². The average Bonchev–Trinajstić information content (AvgIpc) is 2.52. The number of benzene rings is 1. The summed E-state index contributed by atoms with van der Waals surface area (Å²) in [7, 11) is 3.57. The number of carbonyl (C=O) groups is 1. The van der Waals surface area contributed by atoms with Crippen LogP contribution in [0.15, 0.2) is 30.3 Å². The zero-order valence-corrected chi connectivity index (χ0v) is 13.0. The van der Waals surface area contributed by atoms with Crippen LogP contribution in [0.2, 0.25) is 0 Å². The summed E-state index contributed by atoms with van der Waals surface area (Å²) < 4.78 is 5.37. The van der Waals surface area contributed by atoms with E-state index in [-0.39, 0.29) is 24.6 Å². The molecule has 23 heavy (non-hydrogen) atoms. The van der Waals surface area contributed by atoms with Crippen LogP contribution in [0.1, 0.15) is 0 Å². The second kappa shape index (κ2) is 7.78. The van der Waals surface area contributed by atoms with Gasteiger partial charge in [0.2, 0.25) is 11.9 Å². The Morgan fingerprint density at radius 1 is 1.22 bits per heavy atom. The van der Waals surface area contributed by atoms with Gasteiger partial charge < -0.3 is 26.0 Å². The summed E-state index contributed by atoms with van der Waals surface area (Å²) in [6.07, 6.45) is 0. The molecule has 0 spiro atoms. The lowest BCUT2D eigenvalue weighted by molar-refractivity contribution is 0.245.